The second-order valence-electron chi connectivity index (χ2n) is 9.95. The lowest BCUT2D eigenvalue weighted by Gasteiger charge is -2.22. The maximum Gasteiger partial charge on any atom is 0.435 e. The summed E-state index contributed by atoms with van der Waals surface area (Å²) in [6.07, 6.45) is -3.29. The van der Waals surface area contributed by atoms with Gasteiger partial charge in [-0.25, -0.2) is 13.2 Å². The molecule has 43 heavy (non-hydrogen) atoms. The molecule has 2 aromatic heterocycles. The SMILES string of the molecule is NC(=O)c1cc(-c2cccnc2C(Cc2cc(F)cc(F)c2)NC(=O)Cn2nc(C(F)(F)F)c3c2CCNC3)ccc1F. The molecule has 1 aliphatic heterocycles. The van der Waals surface area contributed by atoms with Crippen LogP contribution in [0.1, 0.15) is 44.6 Å². The maximum absolute atomic E-state index is 14.2. The van der Waals surface area contributed by atoms with E-state index in [1.807, 2.05) is 0 Å². The van der Waals surface area contributed by atoms with Crippen molar-refractivity contribution in [3.05, 3.63) is 106 Å². The molecule has 0 saturated carbocycles. The molecule has 2 amide bonds. The number of benzene rings is 2. The number of primary amides is 1. The Morgan fingerprint density at radius 2 is 1.81 bits per heavy atom. The summed E-state index contributed by atoms with van der Waals surface area (Å²) >= 11 is 0. The van der Waals surface area contributed by atoms with E-state index in [0.29, 0.717) is 23.7 Å². The first-order valence-electron chi connectivity index (χ1n) is 13.1. The van der Waals surface area contributed by atoms with Gasteiger partial charge >= 0.3 is 6.18 Å². The van der Waals surface area contributed by atoms with Gasteiger partial charge in [-0.15, -0.1) is 0 Å². The molecule has 4 aromatic rings. The van der Waals surface area contributed by atoms with Crippen LogP contribution in [0.25, 0.3) is 11.1 Å². The summed E-state index contributed by atoms with van der Waals surface area (Å²) < 4.78 is 84.3. The van der Waals surface area contributed by atoms with E-state index in [1.54, 1.807) is 12.1 Å². The predicted octanol–water partition coefficient (Wildman–Crippen LogP) is 4.23. The zero-order valence-corrected chi connectivity index (χ0v) is 22.3. The molecule has 0 spiro atoms. The quantitative estimate of drug-likeness (QED) is 0.261. The van der Waals surface area contributed by atoms with Crippen LogP contribution in [0.15, 0.2) is 54.7 Å². The molecule has 2 aromatic carbocycles. The van der Waals surface area contributed by atoms with Gasteiger partial charge in [-0.3, -0.25) is 19.3 Å². The molecule has 5 rings (SSSR count). The molecule has 1 atom stereocenters. The molecule has 0 bridgehead atoms. The van der Waals surface area contributed by atoms with Gasteiger partial charge in [-0.1, -0.05) is 12.1 Å². The van der Waals surface area contributed by atoms with Gasteiger partial charge in [0.05, 0.1) is 17.3 Å². The lowest BCUT2D eigenvalue weighted by molar-refractivity contribution is -0.142. The van der Waals surface area contributed by atoms with Crippen LogP contribution in [0.3, 0.4) is 0 Å². The highest BCUT2D eigenvalue weighted by Crippen LogP contribution is 2.34. The van der Waals surface area contributed by atoms with Crippen molar-refractivity contribution >= 4 is 11.8 Å². The number of pyridine rings is 1. The molecule has 4 N–H and O–H groups in total. The molecule has 1 aliphatic rings. The second kappa shape index (κ2) is 11.9. The number of carbonyl (C=O) groups excluding carboxylic acids is 2. The van der Waals surface area contributed by atoms with Crippen molar-refractivity contribution in [1.29, 1.82) is 0 Å². The zero-order valence-electron chi connectivity index (χ0n) is 22.3. The molecule has 8 nitrogen and oxygen atoms in total. The molecule has 0 saturated heterocycles. The fraction of sp³-hybridized carbons (Fsp3) is 0.241. The number of nitrogens with two attached hydrogens (primary N) is 1. The van der Waals surface area contributed by atoms with E-state index in [-0.39, 0.29) is 41.9 Å². The summed E-state index contributed by atoms with van der Waals surface area (Å²) in [5.74, 6) is -4.32. The van der Waals surface area contributed by atoms with Crippen LogP contribution in [-0.2, 0) is 36.9 Å². The number of fused-ring (bicyclic) bond motifs is 1. The monoisotopic (exact) mass is 602 g/mol. The van der Waals surface area contributed by atoms with E-state index < -0.39 is 59.3 Å². The van der Waals surface area contributed by atoms with Crippen molar-refractivity contribution in [3.8, 4) is 11.1 Å². The Kier molecular flexibility index (Phi) is 8.22. The summed E-state index contributed by atoms with van der Waals surface area (Å²) in [5.41, 5.74) is 5.06. The van der Waals surface area contributed by atoms with Crippen LogP contribution in [0.5, 0.6) is 0 Å². The molecule has 0 fully saturated rings. The molecular weight excluding hydrogens is 578 g/mol. The van der Waals surface area contributed by atoms with E-state index in [9.17, 15) is 35.9 Å². The van der Waals surface area contributed by atoms with Gasteiger partial charge in [0.2, 0.25) is 5.91 Å². The number of rotatable bonds is 8. The Morgan fingerprint density at radius 3 is 2.51 bits per heavy atom. The average molecular weight is 603 g/mol. The van der Waals surface area contributed by atoms with E-state index in [0.717, 1.165) is 22.9 Å². The van der Waals surface area contributed by atoms with Gasteiger partial charge in [-0.05, 0) is 47.9 Å². The number of amides is 2. The molecule has 3 heterocycles. The van der Waals surface area contributed by atoms with Crippen LogP contribution < -0.4 is 16.4 Å². The fourth-order valence-electron chi connectivity index (χ4n) is 5.16. The number of hydrogen-bond acceptors (Lipinski definition) is 5. The first-order valence-corrected chi connectivity index (χ1v) is 13.1. The van der Waals surface area contributed by atoms with Crippen LogP contribution in [-0.4, -0.2) is 33.1 Å². The van der Waals surface area contributed by atoms with Crippen molar-refractivity contribution < 1.29 is 35.9 Å². The molecular formula is C29H24F6N6O2. The third-order valence-electron chi connectivity index (χ3n) is 6.98. The summed E-state index contributed by atoms with van der Waals surface area (Å²) in [6, 6.07) is 8.50. The van der Waals surface area contributed by atoms with E-state index in [4.69, 9.17) is 5.73 Å². The Morgan fingerprint density at radius 1 is 1.07 bits per heavy atom. The smallest absolute Gasteiger partial charge is 0.366 e. The number of alkyl halides is 3. The van der Waals surface area contributed by atoms with Crippen molar-refractivity contribution in [2.75, 3.05) is 6.54 Å². The molecule has 14 heteroatoms. The minimum atomic E-state index is -4.73. The number of aromatic nitrogens is 3. The summed E-state index contributed by atoms with van der Waals surface area (Å²) in [7, 11) is 0. The largest absolute Gasteiger partial charge is 0.435 e. The normalized spacial score (nSPS) is 13.8. The first-order chi connectivity index (χ1) is 20.4. The third-order valence-corrected chi connectivity index (χ3v) is 6.98. The van der Waals surface area contributed by atoms with Gasteiger partial charge in [0.15, 0.2) is 5.69 Å². The number of nitrogens with one attached hydrogen (secondary N) is 2. The molecule has 1 unspecified atom stereocenters. The summed E-state index contributed by atoms with van der Waals surface area (Å²) in [5, 5.41) is 9.27. The van der Waals surface area contributed by atoms with Crippen molar-refractivity contribution in [2.24, 2.45) is 5.73 Å². The number of nitrogens with zero attached hydrogens (tertiary/aromatic N) is 3. The summed E-state index contributed by atoms with van der Waals surface area (Å²) in [6.45, 7) is -0.230. The highest BCUT2D eigenvalue weighted by Gasteiger charge is 2.40. The number of hydrogen-bond donors (Lipinski definition) is 3. The van der Waals surface area contributed by atoms with E-state index in [1.165, 1.54) is 18.3 Å². The van der Waals surface area contributed by atoms with Gasteiger partial charge in [0.1, 0.15) is 24.0 Å². The topological polar surface area (TPSA) is 115 Å². The molecule has 224 valence electrons. The minimum absolute atomic E-state index is 0.0353. The van der Waals surface area contributed by atoms with Crippen molar-refractivity contribution in [2.45, 2.75) is 38.1 Å². The van der Waals surface area contributed by atoms with E-state index >= 15 is 0 Å². The van der Waals surface area contributed by atoms with Crippen molar-refractivity contribution in [1.82, 2.24) is 25.4 Å². The lowest BCUT2D eigenvalue weighted by Crippen LogP contribution is -2.35. The first kappa shape index (κ1) is 29.8. The third kappa shape index (κ3) is 6.53. The number of halogens is 6. The number of carbonyl (C=O) groups is 2. The van der Waals surface area contributed by atoms with Crippen LogP contribution in [0, 0.1) is 17.5 Å². The Hall–Kier alpha value is -4.72. The minimum Gasteiger partial charge on any atom is -0.366 e. The lowest BCUT2D eigenvalue weighted by atomic mass is 9.94. The van der Waals surface area contributed by atoms with Gasteiger partial charge < -0.3 is 16.4 Å². The fourth-order valence-corrected chi connectivity index (χ4v) is 5.16. The Bertz CT molecular complexity index is 1680. The van der Waals surface area contributed by atoms with Crippen LogP contribution >= 0.6 is 0 Å². The highest BCUT2D eigenvalue weighted by molar-refractivity contribution is 5.94. The van der Waals surface area contributed by atoms with Gasteiger partial charge in [-0.2, -0.15) is 18.3 Å². The standard InChI is InChI=1S/C29H24F6N6O2/c30-17-8-15(9-18(31)12-17)10-23(26-19(2-1-6-38-26)16-3-4-22(32)20(11-16)28(36)43)39-25(42)14-41-24-5-7-37-13-21(24)27(40-41)29(33,34)35/h1-4,6,8-9,11-12,23,37H,5,7,10,13-14H2,(H2,36,43)(H,39,42). The maximum atomic E-state index is 14.2. The average Bonchev–Trinajstić information content (AvgIpc) is 3.31. The van der Waals surface area contributed by atoms with E-state index in [2.05, 4.69) is 20.7 Å². The van der Waals surface area contributed by atoms with Crippen LogP contribution in [0.4, 0.5) is 26.3 Å². The van der Waals surface area contributed by atoms with Gasteiger partial charge in [0, 0.05) is 48.6 Å². The Balaban J connectivity index is 1.52. The Labute approximate surface area is 240 Å². The second-order valence-corrected chi connectivity index (χ2v) is 9.95. The zero-order chi connectivity index (χ0) is 30.9. The summed E-state index contributed by atoms with van der Waals surface area (Å²) in [4.78, 5) is 29.5. The highest BCUT2D eigenvalue weighted by atomic mass is 19.4. The molecule has 0 radical (unpaired) electrons. The molecule has 0 aliphatic carbocycles. The van der Waals surface area contributed by atoms with Crippen LogP contribution in [0.2, 0.25) is 0 Å². The van der Waals surface area contributed by atoms with Crippen molar-refractivity contribution in [3.63, 3.8) is 0 Å². The predicted molar refractivity (Wildman–Crippen MR) is 142 cm³/mol. The van der Waals surface area contributed by atoms with Gasteiger partial charge in [0.25, 0.3) is 5.91 Å².